The standard InChI is InChI=1S/C16H26N4O3/c1-16(2,3)15-17-13(18-23-15)11-19-6-8-20(9-7-19)14(21)12-5-4-10-22-12/h12H,4-11H2,1-3H3. The third-order valence-corrected chi connectivity index (χ3v) is 4.36. The van der Waals surface area contributed by atoms with E-state index >= 15 is 0 Å². The first-order valence-electron chi connectivity index (χ1n) is 8.39. The van der Waals surface area contributed by atoms with Gasteiger partial charge in [0, 0.05) is 38.2 Å². The maximum Gasteiger partial charge on any atom is 0.251 e. The van der Waals surface area contributed by atoms with E-state index in [0.717, 1.165) is 39.0 Å². The fourth-order valence-electron chi connectivity index (χ4n) is 2.93. The van der Waals surface area contributed by atoms with Crippen LogP contribution in [-0.4, -0.2) is 64.7 Å². The van der Waals surface area contributed by atoms with Crippen molar-refractivity contribution in [2.45, 2.75) is 51.7 Å². The second kappa shape index (κ2) is 6.57. The Kier molecular flexibility index (Phi) is 4.68. The van der Waals surface area contributed by atoms with Gasteiger partial charge in [0.2, 0.25) is 5.89 Å². The molecule has 23 heavy (non-hydrogen) atoms. The Morgan fingerprint density at radius 1 is 1.26 bits per heavy atom. The normalized spacial score (nSPS) is 23.4. The first-order valence-corrected chi connectivity index (χ1v) is 8.39. The topological polar surface area (TPSA) is 71.7 Å². The number of piperazine rings is 1. The number of carbonyl (C=O) groups is 1. The van der Waals surface area contributed by atoms with E-state index in [2.05, 4.69) is 35.8 Å². The van der Waals surface area contributed by atoms with Gasteiger partial charge in [-0.3, -0.25) is 9.69 Å². The first-order chi connectivity index (χ1) is 10.9. The van der Waals surface area contributed by atoms with Crippen LogP contribution in [-0.2, 0) is 21.5 Å². The molecule has 0 aromatic carbocycles. The van der Waals surface area contributed by atoms with Crippen LogP contribution < -0.4 is 0 Å². The number of rotatable bonds is 3. The van der Waals surface area contributed by atoms with Gasteiger partial charge in [-0.1, -0.05) is 25.9 Å². The van der Waals surface area contributed by atoms with E-state index < -0.39 is 0 Å². The molecule has 2 aliphatic heterocycles. The Labute approximate surface area is 137 Å². The van der Waals surface area contributed by atoms with E-state index in [1.54, 1.807) is 0 Å². The number of aromatic nitrogens is 2. The quantitative estimate of drug-likeness (QED) is 0.832. The molecule has 7 nitrogen and oxygen atoms in total. The van der Waals surface area contributed by atoms with Gasteiger partial charge in [-0.15, -0.1) is 0 Å². The molecule has 1 aromatic heterocycles. The number of carbonyl (C=O) groups excluding carboxylic acids is 1. The number of nitrogens with zero attached hydrogens (tertiary/aromatic N) is 4. The summed E-state index contributed by atoms with van der Waals surface area (Å²) in [6.45, 7) is 10.7. The fourth-order valence-corrected chi connectivity index (χ4v) is 2.93. The number of hydrogen-bond acceptors (Lipinski definition) is 6. The number of hydrogen-bond donors (Lipinski definition) is 0. The van der Waals surface area contributed by atoms with Gasteiger partial charge >= 0.3 is 0 Å². The van der Waals surface area contributed by atoms with Crippen molar-refractivity contribution >= 4 is 5.91 Å². The number of amides is 1. The van der Waals surface area contributed by atoms with Crippen molar-refractivity contribution in [2.24, 2.45) is 0 Å². The summed E-state index contributed by atoms with van der Waals surface area (Å²) in [6.07, 6.45) is 1.63. The van der Waals surface area contributed by atoms with Crippen molar-refractivity contribution in [1.82, 2.24) is 19.9 Å². The maximum atomic E-state index is 12.3. The van der Waals surface area contributed by atoms with Gasteiger partial charge in [-0.05, 0) is 12.8 Å². The molecule has 3 heterocycles. The van der Waals surface area contributed by atoms with Crippen LogP contribution in [0.25, 0.3) is 0 Å². The highest BCUT2D eigenvalue weighted by Crippen LogP contribution is 2.20. The molecule has 1 unspecified atom stereocenters. The van der Waals surface area contributed by atoms with Gasteiger partial charge in [-0.2, -0.15) is 4.98 Å². The third-order valence-electron chi connectivity index (χ3n) is 4.36. The summed E-state index contributed by atoms with van der Waals surface area (Å²) >= 11 is 0. The van der Waals surface area contributed by atoms with Crippen molar-refractivity contribution in [3.8, 4) is 0 Å². The lowest BCUT2D eigenvalue weighted by Gasteiger charge is -2.35. The van der Waals surface area contributed by atoms with Gasteiger partial charge in [0.05, 0.1) is 6.54 Å². The third kappa shape index (κ3) is 3.90. The molecule has 2 saturated heterocycles. The van der Waals surface area contributed by atoms with Gasteiger partial charge in [0.25, 0.3) is 5.91 Å². The molecule has 0 saturated carbocycles. The zero-order chi connectivity index (χ0) is 16.4. The molecule has 1 amide bonds. The van der Waals surface area contributed by atoms with Crippen LogP contribution in [0.2, 0.25) is 0 Å². The highest BCUT2D eigenvalue weighted by Gasteiger charge is 2.30. The molecule has 0 aliphatic carbocycles. The lowest BCUT2D eigenvalue weighted by atomic mass is 9.97. The molecule has 2 fully saturated rings. The van der Waals surface area contributed by atoms with Crippen LogP contribution in [0.15, 0.2) is 4.52 Å². The maximum absolute atomic E-state index is 12.3. The molecule has 128 valence electrons. The average Bonchev–Trinajstić information content (AvgIpc) is 3.18. The summed E-state index contributed by atoms with van der Waals surface area (Å²) in [7, 11) is 0. The lowest BCUT2D eigenvalue weighted by molar-refractivity contribution is -0.142. The zero-order valence-electron chi connectivity index (χ0n) is 14.2. The van der Waals surface area contributed by atoms with Crippen molar-refractivity contribution in [3.05, 3.63) is 11.7 Å². The van der Waals surface area contributed by atoms with Crippen LogP contribution in [0.3, 0.4) is 0 Å². The van der Waals surface area contributed by atoms with Crippen molar-refractivity contribution < 1.29 is 14.1 Å². The van der Waals surface area contributed by atoms with Crippen LogP contribution in [0.1, 0.15) is 45.3 Å². The summed E-state index contributed by atoms with van der Waals surface area (Å²) in [5, 5.41) is 4.07. The summed E-state index contributed by atoms with van der Waals surface area (Å²) in [6, 6.07) is 0. The van der Waals surface area contributed by atoms with E-state index in [1.807, 2.05) is 4.90 Å². The van der Waals surface area contributed by atoms with Crippen LogP contribution in [0, 0.1) is 0 Å². The molecule has 2 aliphatic rings. The lowest BCUT2D eigenvalue weighted by Crippen LogP contribution is -2.51. The molecular weight excluding hydrogens is 296 g/mol. The van der Waals surface area contributed by atoms with E-state index in [-0.39, 0.29) is 17.4 Å². The second-order valence-electron chi connectivity index (χ2n) is 7.37. The summed E-state index contributed by atoms with van der Waals surface area (Å²) in [5.41, 5.74) is -0.127. The van der Waals surface area contributed by atoms with E-state index in [1.165, 1.54) is 0 Å². The highest BCUT2D eigenvalue weighted by atomic mass is 16.5. The smallest absolute Gasteiger partial charge is 0.251 e. The SMILES string of the molecule is CC(C)(C)c1nc(CN2CCN(C(=O)C3CCCO3)CC2)no1. The Bertz CT molecular complexity index is 538. The minimum atomic E-state index is -0.215. The Morgan fingerprint density at radius 3 is 2.57 bits per heavy atom. The molecule has 0 radical (unpaired) electrons. The molecule has 1 atom stereocenters. The second-order valence-corrected chi connectivity index (χ2v) is 7.37. The van der Waals surface area contributed by atoms with Crippen molar-refractivity contribution in [2.75, 3.05) is 32.8 Å². The minimum Gasteiger partial charge on any atom is -0.368 e. The molecule has 7 heteroatoms. The van der Waals surface area contributed by atoms with Gasteiger partial charge in [0.1, 0.15) is 6.10 Å². The van der Waals surface area contributed by atoms with Crippen LogP contribution in [0.5, 0.6) is 0 Å². The summed E-state index contributed by atoms with van der Waals surface area (Å²) in [5.74, 6) is 1.53. The Hall–Kier alpha value is -1.47. The van der Waals surface area contributed by atoms with Gasteiger partial charge in [-0.25, -0.2) is 0 Å². The van der Waals surface area contributed by atoms with Crippen LogP contribution in [0.4, 0.5) is 0 Å². The molecule has 1 aromatic rings. The predicted molar refractivity (Wildman–Crippen MR) is 83.8 cm³/mol. The van der Waals surface area contributed by atoms with Crippen molar-refractivity contribution in [1.29, 1.82) is 0 Å². The fraction of sp³-hybridized carbons (Fsp3) is 0.812. The summed E-state index contributed by atoms with van der Waals surface area (Å²) < 4.78 is 10.8. The van der Waals surface area contributed by atoms with Gasteiger partial charge in [0.15, 0.2) is 5.82 Å². The average molecular weight is 322 g/mol. The predicted octanol–water partition coefficient (Wildman–Crippen LogP) is 1.19. The summed E-state index contributed by atoms with van der Waals surface area (Å²) in [4.78, 5) is 21.0. The monoisotopic (exact) mass is 322 g/mol. The van der Waals surface area contributed by atoms with E-state index in [9.17, 15) is 4.79 Å². The largest absolute Gasteiger partial charge is 0.368 e. The van der Waals surface area contributed by atoms with E-state index in [4.69, 9.17) is 9.26 Å². The highest BCUT2D eigenvalue weighted by molar-refractivity contribution is 5.81. The molecular formula is C16H26N4O3. The Balaban J connectivity index is 1.49. The zero-order valence-corrected chi connectivity index (χ0v) is 14.2. The van der Waals surface area contributed by atoms with Crippen LogP contribution >= 0.6 is 0 Å². The van der Waals surface area contributed by atoms with E-state index in [0.29, 0.717) is 24.9 Å². The molecule has 3 rings (SSSR count). The molecule has 0 bridgehead atoms. The first kappa shape index (κ1) is 16.4. The molecule has 0 N–H and O–H groups in total. The number of ether oxygens (including phenoxy) is 1. The minimum absolute atomic E-state index is 0.127. The van der Waals surface area contributed by atoms with Crippen molar-refractivity contribution in [3.63, 3.8) is 0 Å². The molecule has 0 spiro atoms. The Morgan fingerprint density at radius 2 is 2.00 bits per heavy atom. The van der Waals surface area contributed by atoms with Gasteiger partial charge < -0.3 is 14.2 Å².